The number of carbonyl (C=O) groups is 1. The minimum Gasteiger partial charge on any atom is -0.468 e. The summed E-state index contributed by atoms with van der Waals surface area (Å²) in [6.07, 6.45) is 6.25. The predicted molar refractivity (Wildman–Crippen MR) is 123 cm³/mol. The first kappa shape index (κ1) is 23.0. The van der Waals surface area contributed by atoms with E-state index < -0.39 is 10.0 Å². The molecule has 0 aliphatic carbocycles. The standard InChI is InChI=1S/C22H21ClN2O4S2/c1-2-13-25(16-19-8-11-21(23)30-19)22(26)12-7-17-5-9-20(10-6-17)31(27,28)24-15-18-4-3-14-29-18/h2-12,14,24H,1,13,15-16H2/b12-7+. The Morgan fingerprint density at radius 3 is 2.58 bits per heavy atom. The molecule has 3 aromatic rings. The maximum atomic E-state index is 12.6. The molecular weight excluding hydrogens is 456 g/mol. The largest absolute Gasteiger partial charge is 0.468 e. The monoisotopic (exact) mass is 476 g/mol. The van der Waals surface area contributed by atoms with Crippen molar-refractivity contribution in [2.75, 3.05) is 6.54 Å². The molecule has 0 aliphatic rings. The number of nitrogens with one attached hydrogen (secondary N) is 1. The lowest BCUT2D eigenvalue weighted by atomic mass is 10.2. The van der Waals surface area contributed by atoms with Crippen LogP contribution < -0.4 is 4.72 Å². The molecule has 1 aromatic carbocycles. The number of nitrogens with zero attached hydrogens (tertiary/aromatic N) is 1. The van der Waals surface area contributed by atoms with E-state index in [4.69, 9.17) is 16.0 Å². The highest BCUT2D eigenvalue weighted by Crippen LogP contribution is 2.23. The van der Waals surface area contributed by atoms with Crippen LogP contribution in [0.5, 0.6) is 0 Å². The summed E-state index contributed by atoms with van der Waals surface area (Å²) < 4.78 is 33.1. The van der Waals surface area contributed by atoms with Gasteiger partial charge >= 0.3 is 0 Å². The molecule has 9 heteroatoms. The fourth-order valence-electron chi connectivity index (χ4n) is 2.71. The predicted octanol–water partition coefficient (Wildman–Crippen LogP) is 4.70. The maximum Gasteiger partial charge on any atom is 0.247 e. The van der Waals surface area contributed by atoms with Crippen LogP contribution in [-0.4, -0.2) is 25.8 Å². The van der Waals surface area contributed by atoms with Gasteiger partial charge in [-0.25, -0.2) is 13.1 Å². The van der Waals surface area contributed by atoms with Crippen LogP contribution in [0.4, 0.5) is 0 Å². The van der Waals surface area contributed by atoms with Gasteiger partial charge in [0.2, 0.25) is 15.9 Å². The highest BCUT2D eigenvalue weighted by molar-refractivity contribution is 7.89. The van der Waals surface area contributed by atoms with Crippen molar-refractivity contribution in [3.63, 3.8) is 0 Å². The lowest BCUT2D eigenvalue weighted by molar-refractivity contribution is -0.126. The van der Waals surface area contributed by atoms with E-state index in [9.17, 15) is 13.2 Å². The Morgan fingerprint density at radius 1 is 1.19 bits per heavy atom. The van der Waals surface area contributed by atoms with Crippen LogP contribution in [0.1, 0.15) is 16.2 Å². The summed E-state index contributed by atoms with van der Waals surface area (Å²) in [5.41, 5.74) is 0.705. The van der Waals surface area contributed by atoms with Crippen LogP contribution >= 0.6 is 22.9 Å². The lowest BCUT2D eigenvalue weighted by Crippen LogP contribution is -2.28. The smallest absolute Gasteiger partial charge is 0.247 e. The molecule has 31 heavy (non-hydrogen) atoms. The summed E-state index contributed by atoms with van der Waals surface area (Å²) in [4.78, 5) is 15.3. The van der Waals surface area contributed by atoms with E-state index >= 15 is 0 Å². The minimum atomic E-state index is -3.67. The van der Waals surface area contributed by atoms with Gasteiger partial charge in [-0.05, 0) is 48.0 Å². The van der Waals surface area contributed by atoms with Crippen molar-refractivity contribution in [1.82, 2.24) is 9.62 Å². The van der Waals surface area contributed by atoms with Crippen LogP contribution in [0.2, 0.25) is 4.34 Å². The molecule has 0 fully saturated rings. The SMILES string of the molecule is C=CCN(Cc1ccc(Cl)s1)C(=O)/C=C/c1ccc(S(=O)(=O)NCc2ccco2)cc1. The number of hydrogen-bond acceptors (Lipinski definition) is 5. The third-order valence-corrected chi connectivity index (χ3v) is 6.90. The van der Waals surface area contributed by atoms with Crippen LogP contribution in [0, 0.1) is 0 Å². The number of rotatable bonds is 10. The van der Waals surface area contributed by atoms with E-state index in [0.717, 1.165) is 4.88 Å². The summed E-state index contributed by atoms with van der Waals surface area (Å²) in [6, 6.07) is 13.3. The van der Waals surface area contributed by atoms with Gasteiger partial charge in [-0.15, -0.1) is 17.9 Å². The molecule has 1 N–H and O–H groups in total. The van der Waals surface area contributed by atoms with Gasteiger partial charge in [0.15, 0.2) is 0 Å². The normalized spacial score (nSPS) is 11.6. The molecule has 0 bridgehead atoms. The molecule has 1 amide bonds. The third-order valence-electron chi connectivity index (χ3n) is 4.26. The van der Waals surface area contributed by atoms with E-state index in [1.807, 2.05) is 6.07 Å². The van der Waals surface area contributed by atoms with E-state index in [1.165, 1.54) is 35.8 Å². The van der Waals surface area contributed by atoms with Gasteiger partial charge in [0.25, 0.3) is 0 Å². The first-order valence-corrected chi connectivity index (χ1v) is 12.0. The average Bonchev–Trinajstić information content (AvgIpc) is 3.42. The van der Waals surface area contributed by atoms with Gasteiger partial charge in [0.1, 0.15) is 5.76 Å². The number of benzene rings is 1. The van der Waals surface area contributed by atoms with Crippen molar-refractivity contribution in [3.8, 4) is 0 Å². The Hall–Kier alpha value is -2.65. The molecule has 162 valence electrons. The van der Waals surface area contributed by atoms with E-state index in [2.05, 4.69) is 11.3 Å². The Morgan fingerprint density at radius 2 is 1.97 bits per heavy atom. The number of carbonyl (C=O) groups excluding carboxylic acids is 1. The highest BCUT2D eigenvalue weighted by Gasteiger charge is 2.14. The summed E-state index contributed by atoms with van der Waals surface area (Å²) in [5, 5.41) is 0. The summed E-state index contributed by atoms with van der Waals surface area (Å²) in [5.74, 6) is 0.344. The summed E-state index contributed by atoms with van der Waals surface area (Å²) in [7, 11) is -3.67. The molecule has 3 rings (SSSR count). The molecule has 2 heterocycles. The second-order valence-corrected chi connectivity index (χ2v) is 10.1. The van der Waals surface area contributed by atoms with Crippen molar-refractivity contribution >= 4 is 44.9 Å². The van der Waals surface area contributed by atoms with Crippen molar-refractivity contribution in [1.29, 1.82) is 0 Å². The lowest BCUT2D eigenvalue weighted by Gasteiger charge is -2.18. The van der Waals surface area contributed by atoms with Crippen LogP contribution in [0.25, 0.3) is 6.08 Å². The molecule has 6 nitrogen and oxygen atoms in total. The number of halogens is 1. The van der Waals surface area contributed by atoms with Gasteiger partial charge in [-0.2, -0.15) is 0 Å². The molecule has 0 atom stereocenters. The molecule has 0 saturated heterocycles. The fraction of sp³-hybridized carbons (Fsp3) is 0.136. The number of sulfonamides is 1. The van der Waals surface area contributed by atoms with Gasteiger partial charge in [0, 0.05) is 17.5 Å². The van der Waals surface area contributed by atoms with Crippen LogP contribution in [0.15, 0.2) is 82.8 Å². The van der Waals surface area contributed by atoms with E-state index in [-0.39, 0.29) is 17.3 Å². The highest BCUT2D eigenvalue weighted by atomic mass is 35.5. The zero-order valence-electron chi connectivity index (χ0n) is 16.5. The minimum absolute atomic E-state index is 0.0695. The second-order valence-electron chi connectivity index (χ2n) is 6.52. The fourth-order valence-corrected chi connectivity index (χ4v) is 4.80. The van der Waals surface area contributed by atoms with E-state index in [1.54, 1.807) is 47.4 Å². The first-order valence-electron chi connectivity index (χ1n) is 9.31. The maximum absolute atomic E-state index is 12.6. The molecule has 0 saturated carbocycles. The molecule has 0 radical (unpaired) electrons. The first-order chi connectivity index (χ1) is 14.9. The second kappa shape index (κ2) is 10.6. The van der Waals surface area contributed by atoms with Crippen LogP contribution in [-0.2, 0) is 27.9 Å². The quantitative estimate of drug-likeness (QED) is 0.339. The van der Waals surface area contributed by atoms with Gasteiger partial charge in [-0.1, -0.05) is 29.8 Å². The zero-order chi connectivity index (χ0) is 22.3. The Balaban J connectivity index is 1.63. The van der Waals surface area contributed by atoms with Crippen LogP contribution in [0.3, 0.4) is 0 Å². The molecule has 0 unspecified atom stereocenters. The number of hydrogen-bond donors (Lipinski definition) is 1. The van der Waals surface area contributed by atoms with Crippen molar-refractivity contribution in [2.45, 2.75) is 18.0 Å². The Bertz CT molecular complexity index is 1150. The number of amides is 1. The van der Waals surface area contributed by atoms with Gasteiger partial charge in [0.05, 0.1) is 28.6 Å². The molecule has 0 aliphatic heterocycles. The van der Waals surface area contributed by atoms with Gasteiger partial charge < -0.3 is 9.32 Å². The van der Waals surface area contributed by atoms with Crippen molar-refractivity contribution in [3.05, 3.63) is 94.1 Å². The summed E-state index contributed by atoms with van der Waals surface area (Å²) >= 11 is 7.39. The Kier molecular flexibility index (Phi) is 7.86. The Labute approximate surface area is 190 Å². The summed E-state index contributed by atoms with van der Waals surface area (Å²) in [6.45, 7) is 4.61. The average molecular weight is 477 g/mol. The molecule has 0 spiro atoms. The van der Waals surface area contributed by atoms with Crippen molar-refractivity contribution in [2.24, 2.45) is 0 Å². The topological polar surface area (TPSA) is 79.6 Å². The molecular formula is C22H21ClN2O4S2. The molecule has 2 aromatic heterocycles. The van der Waals surface area contributed by atoms with Crippen molar-refractivity contribution < 1.29 is 17.6 Å². The van der Waals surface area contributed by atoms with E-state index in [0.29, 0.717) is 28.7 Å². The van der Waals surface area contributed by atoms with Gasteiger partial charge in [-0.3, -0.25) is 4.79 Å². The zero-order valence-corrected chi connectivity index (χ0v) is 18.9. The third kappa shape index (κ3) is 6.67. The number of thiophene rings is 1. The number of furan rings is 1.